The molecule has 1 atom stereocenters. The quantitative estimate of drug-likeness (QED) is 0.829. The smallest absolute Gasteiger partial charge is 0.311 e. The molecule has 28 heavy (non-hydrogen) atoms. The Labute approximate surface area is 164 Å². The maximum atomic E-state index is 12.8. The number of hydrogen-bond acceptors (Lipinski definition) is 4. The van der Waals surface area contributed by atoms with Gasteiger partial charge in [0.1, 0.15) is 0 Å². The molecule has 1 amide bonds. The fraction of sp³-hybridized carbons (Fsp3) is 0.409. The van der Waals surface area contributed by atoms with Crippen LogP contribution in [-0.2, 0) is 21.4 Å². The lowest BCUT2D eigenvalue weighted by atomic mass is 9.89. The van der Waals surface area contributed by atoms with Gasteiger partial charge in [0.15, 0.2) is 0 Å². The molecule has 2 aliphatic rings. The molecule has 1 aliphatic carbocycles. The van der Waals surface area contributed by atoms with Gasteiger partial charge in [0.05, 0.1) is 17.3 Å². The molecule has 2 heterocycles. The van der Waals surface area contributed by atoms with Crippen molar-refractivity contribution in [3.8, 4) is 0 Å². The molecule has 1 fully saturated rings. The molecule has 0 radical (unpaired) electrons. The zero-order valence-corrected chi connectivity index (χ0v) is 16.3. The Hall–Kier alpha value is -2.89. The minimum absolute atomic E-state index is 0.133. The van der Waals surface area contributed by atoms with Gasteiger partial charge in [0.25, 0.3) is 12.1 Å². The van der Waals surface area contributed by atoms with Crippen molar-refractivity contribution in [2.75, 3.05) is 5.32 Å². The summed E-state index contributed by atoms with van der Waals surface area (Å²) in [6, 6.07) is 9.69. The molecule has 0 bridgehead atoms. The van der Waals surface area contributed by atoms with Crippen LogP contribution in [0.2, 0.25) is 0 Å². The van der Waals surface area contributed by atoms with Crippen LogP contribution in [0, 0.1) is 12.8 Å². The Morgan fingerprint density at radius 2 is 1.89 bits per heavy atom. The molecule has 6 heteroatoms. The number of rotatable bonds is 3. The van der Waals surface area contributed by atoms with Crippen LogP contribution in [0.25, 0.3) is 0 Å². The number of hydrogen-bond donors (Lipinski definition) is 1. The topological polar surface area (TPSA) is 72.7 Å². The van der Waals surface area contributed by atoms with Gasteiger partial charge in [-0.15, -0.1) is 0 Å². The molecule has 0 spiro atoms. The third kappa shape index (κ3) is 3.46. The summed E-state index contributed by atoms with van der Waals surface area (Å²) >= 11 is 0. The van der Waals surface area contributed by atoms with Crippen LogP contribution in [0.5, 0.6) is 0 Å². The Morgan fingerprint density at radius 3 is 2.61 bits per heavy atom. The number of benzene rings is 1. The average molecular weight is 379 g/mol. The highest BCUT2D eigenvalue weighted by molar-refractivity contribution is 6.20. The number of carbonyl (C=O) groups excluding carboxylic acids is 2. The number of fused-ring (bicyclic) bond motifs is 1. The van der Waals surface area contributed by atoms with Gasteiger partial charge >= 0.3 is 5.97 Å². The lowest BCUT2D eigenvalue weighted by Crippen LogP contribution is -2.33. The van der Waals surface area contributed by atoms with Crippen molar-refractivity contribution in [2.24, 2.45) is 18.0 Å². The number of anilines is 1. The summed E-state index contributed by atoms with van der Waals surface area (Å²) in [5.41, 5.74) is 4.07. The van der Waals surface area contributed by atoms with Crippen LogP contribution in [-0.4, -0.2) is 28.4 Å². The van der Waals surface area contributed by atoms with Crippen molar-refractivity contribution in [3.63, 3.8) is 0 Å². The zero-order chi connectivity index (χ0) is 19.7. The van der Waals surface area contributed by atoms with E-state index in [9.17, 15) is 9.59 Å². The van der Waals surface area contributed by atoms with Gasteiger partial charge in [0.2, 0.25) is 0 Å². The van der Waals surface area contributed by atoms with Crippen molar-refractivity contribution in [1.29, 1.82) is 0 Å². The molecular formula is C22H25N3O3. The number of aryl methyl sites for hydroxylation is 1. The van der Waals surface area contributed by atoms with Crippen molar-refractivity contribution in [3.05, 3.63) is 53.3 Å². The highest BCUT2D eigenvalue weighted by Gasteiger charge is 2.33. The summed E-state index contributed by atoms with van der Waals surface area (Å²) < 4.78 is 7.56. The lowest BCUT2D eigenvalue weighted by Gasteiger charge is -2.21. The normalized spacial score (nSPS) is 20.0. The summed E-state index contributed by atoms with van der Waals surface area (Å²) in [5.74, 6) is -0.868. The van der Waals surface area contributed by atoms with Crippen LogP contribution in [0.15, 0.2) is 41.5 Å². The van der Waals surface area contributed by atoms with E-state index in [4.69, 9.17) is 4.74 Å². The van der Waals surface area contributed by atoms with Gasteiger partial charge in [-0.3, -0.25) is 9.59 Å². The first-order chi connectivity index (χ1) is 13.5. The molecule has 1 N–H and O–H groups in total. The molecule has 1 aromatic heterocycles. The molecule has 1 saturated carbocycles. The Kier molecular flexibility index (Phi) is 5.03. The van der Waals surface area contributed by atoms with Gasteiger partial charge < -0.3 is 14.6 Å². The van der Waals surface area contributed by atoms with E-state index < -0.39 is 12.1 Å². The zero-order valence-electron chi connectivity index (χ0n) is 16.3. The minimum atomic E-state index is -1.18. The van der Waals surface area contributed by atoms with E-state index in [2.05, 4.69) is 10.3 Å². The number of ether oxygens (including phenoxy) is 1. The first-order valence-electron chi connectivity index (χ1n) is 9.85. The van der Waals surface area contributed by atoms with E-state index in [1.807, 2.05) is 55.1 Å². The van der Waals surface area contributed by atoms with E-state index in [-0.39, 0.29) is 11.9 Å². The van der Waals surface area contributed by atoms with Crippen LogP contribution >= 0.6 is 0 Å². The summed E-state index contributed by atoms with van der Waals surface area (Å²) in [5, 5.41) is 2.89. The molecule has 4 rings (SSSR count). The van der Waals surface area contributed by atoms with E-state index in [1.165, 1.54) is 0 Å². The van der Waals surface area contributed by atoms with E-state index >= 15 is 0 Å². The number of aliphatic imine (C=N–C) groups is 1. The molecule has 0 saturated heterocycles. The highest BCUT2D eigenvalue weighted by Crippen LogP contribution is 2.30. The average Bonchev–Trinajstić information content (AvgIpc) is 2.91. The first kappa shape index (κ1) is 18.5. The molecule has 1 aliphatic heterocycles. The number of nitrogens with one attached hydrogen (secondary N) is 1. The van der Waals surface area contributed by atoms with Gasteiger partial charge in [-0.1, -0.05) is 49.6 Å². The predicted octanol–water partition coefficient (Wildman–Crippen LogP) is 3.57. The van der Waals surface area contributed by atoms with E-state index in [0.717, 1.165) is 48.9 Å². The standard InChI is InChI=1S/C22H25N3O3/c1-14-18-17(13-25(14)2)23-20(26)21(24-19(18)15-9-5-3-6-10-15)28-22(27)16-11-7-4-8-12-16/h3,5-6,9-10,13,16,21H,4,7-8,11-12H2,1-2H3,(H,23,26). The van der Waals surface area contributed by atoms with E-state index in [0.29, 0.717) is 11.4 Å². The fourth-order valence-corrected chi connectivity index (χ4v) is 3.99. The van der Waals surface area contributed by atoms with Crippen molar-refractivity contribution < 1.29 is 14.3 Å². The lowest BCUT2D eigenvalue weighted by molar-refractivity contribution is -0.158. The highest BCUT2D eigenvalue weighted by atomic mass is 16.6. The maximum Gasteiger partial charge on any atom is 0.311 e. The van der Waals surface area contributed by atoms with Crippen molar-refractivity contribution in [1.82, 2.24) is 4.57 Å². The molecule has 1 unspecified atom stereocenters. The SMILES string of the molecule is Cc1c2c(cn1C)NC(=O)C(OC(=O)C1CCCCC1)N=C2c1ccccc1. The van der Waals surface area contributed by atoms with Crippen LogP contribution in [0.1, 0.15) is 48.9 Å². The second-order valence-corrected chi connectivity index (χ2v) is 7.57. The van der Waals surface area contributed by atoms with Crippen molar-refractivity contribution >= 4 is 23.3 Å². The fourth-order valence-electron chi connectivity index (χ4n) is 3.99. The Bertz CT molecular complexity index is 924. The molecular weight excluding hydrogens is 354 g/mol. The van der Waals surface area contributed by atoms with Crippen LogP contribution in [0.4, 0.5) is 5.69 Å². The van der Waals surface area contributed by atoms with Gasteiger partial charge in [-0.2, -0.15) is 0 Å². The second kappa shape index (κ2) is 7.62. The first-order valence-corrected chi connectivity index (χ1v) is 9.85. The number of esters is 1. The van der Waals surface area contributed by atoms with Gasteiger partial charge in [-0.05, 0) is 19.8 Å². The summed E-state index contributed by atoms with van der Waals surface area (Å²) in [7, 11) is 1.93. The Morgan fingerprint density at radius 1 is 1.18 bits per heavy atom. The molecule has 2 aromatic rings. The summed E-state index contributed by atoms with van der Waals surface area (Å²) in [6.07, 6.45) is 5.54. The van der Waals surface area contributed by atoms with Crippen LogP contribution in [0.3, 0.4) is 0 Å². The number of nitrogens with zero attached hydrogens (tertiary/aromatic N) is 2. The largest absolute Gasteiger partial charge is 0.430 e. The third-order valence-electron chi connectivity index (χ3n) is 5.66. The van der Waals surface area contributed by atoms with Crippen molar-refractivity contribution in [2.45, 2.75) is 45.3 Å². The van der Waals surface area contributed by atoms with Gasteiger partial charge in [0, 0.05) is 30.1 Å². The summed E-state index contributed by atoms with van der Waals surface area (Å²) in [4.78, 5) is 30.0. The molecule has 6 nitrogen and oxygen atoms in total. The predicted molar refractivity (Wildman–Crippen MR) is 107 cm³/mol. The third-order valence-corrected chi connectivity index (χ3v) is 5.66. The van der Waals surface area contributed by atoms with Crippen LogP contribution < -0.4 is 5.32 Å². The van der Waals surface area contributed by atoms with E-state index in [1.54, 1.807) is 0 Å². The summed E-state index contributed by atoms with van der Waals surface area (Å²) in [6.45, 7) is 1.98. The Balaban J connectivity index is 1.71. The molecule has 146 valence electrons. The minimum Gasteiger partial charge on any atom is -0.430 e. The monoisotopic (exact) mass is 379 g/mol. The van der Waals surface area contributed by atoms with Gasteiger partial charge in [-0.25, -0.2) is 4.99 Å². The molecule has 1 aromatic carbocycles. The second-order valence-electron chi connectivity index (χ2n) is 7.57. The number of amides is 1. The number of aromatic nitrogens is 1. The number of carbonyl (C=O) groups is 2. The maximum absolute atomic E-state index is 12.8.